The summed E-state index contributed by atoms with van der Waals surface area (Å²) in [6.07, 6.45) is 2.04. The van der Waals surface area contributed by atoms with Crippen LogP contribution in [0.2, 0.25) is 0 Å². The van der Waals surface area contributed by atoms with Crippen LogP contribution in [0.5, 0.6) is 0 Å². The average Bonchev–Trinajstić information content (AvgIpc) is 2.86. The van der Waals surface area contributed by atoms with Crippen LogP contribution < -0.4 is 11.1 Å². The fourth-order valence-corrected chi connectivity index (χ4v) is 2.16. The highest BCUT2D eigenvalue weighted by atomic mass is 16.6. The molecular weight excluding hydrogens is 298 g/mol. The highest BCUT2D eigenvalue weighted by molar-refractivity contribution is 5.86. The Morgan fingerprint density at radius 1 is 1.48 bits per heavy atom. The van der Waals surface area contributed by atoms with E-state index in [0.717, 1.165) is 11.1 Å². The molecule has 0 aromatic carbocycles. The number of carbonyl (C=O) groups excluding carboxylic acids is 1. The maximum absolute atomic E-state index is 11.7. The van der Waals surface area contributed by atoms with Crippen molar-refractivity contribution >= 4 is 22.9 Å². The Balaban J connectivity index is 1.94. The minimum atomic E-state index is -0.572. The lowest BCUT2D eigenvalue weighted by Crippen LogP contribution is -2.41. The van der Waals surface area contributed by atoms with Crippen molar-refractivity contribution in [2.24, 2.45) is 0 Å². The molecule has 2 rings (SSSR count). The third-order valence-electron chi connectivity index (χ3n) is 3.22. The molecule has 0 aliphatic rings. The van der Waals surface area contributed by atoms with Gasteiger partial charge in [0.15, 0.2) is 0 Å². The first-order valence-electron chi connectivity index (χ1n) is 7.47. The van der Waals surface area contributed by atoms with Crippen molar-refractivity contribution in [3.05, 3.63) is 18.1 Å². The van der Waals surface area contributed by atoms with Gasteiger partial charge in [-0.1, -0.05) is 0 Å². The normalized spacial score (nSPS) is 13.0. The van der Waals surface area contributed by atoms with Gasteiger partial charge in [0.2, 0.25) is 0 Å². The lowest BCUT2D eigenvalue weighted by molar-refractivity contribution is 0.0479. The van der Waals surface area contributed by atoms with E-state index in [-0.39, 0.29) is 12.6 Å². The molecule has 5 N–H and O–H groups in total. The van der Waals surface area contributed by atoms with Crippen LogP contribution in [-0.2, 0) is 11.2 Å². The molecule has 1 amide bonds. The van der Waals surface area contributed by atoms with Gasteiger partial charge in [-0.3, -0.25) is 0 Å². The van der Waals surface area contributed by atoms with E-state index in [9.17, 15) is 9.90 Å². The van der Waals surface area contributed by atoms with Crippen molar-refractivity contribution in [1.82, 2.24) is 20.3 Å². The predicted octanol–water partition coefficient (Wildman–Crippen LogP) is 1.36. The maximum Gasteiger partial charge on any atom is 0.407 e. The summed E-state index contributed by atoms with van der Waals surface area (Å²) in [7, 11) is 0. The van der Waals surface area contributed by atoms with Crippen molar-refractivity contribution in [2.45, 2.75) is 45.3 Å². The van der Waals surface area contributed by atoms with Gasteiger partial charge >= 0.3 is 6.09 Å². The van der Waals surface area contributed by atoms with E-state index >= 15 is 0 Å². The van der Waals surface area contributed by atoms with Gasteiger partial charge in [0.05, 0.1) is 18.0 Å². The first-order valence-corrected chi connectivity index (χ1v) is 7.47. The number of nitrogens with one attached hydrogen (secondary N) is 2. The summed E-state index contributed by atoms with van der Waals surface area (Å²) in [6, 6.07) is 1.49. The van der Waals surface area contributed by atoms with Crippen LogP contribution in [0.3, 0.4) is 0 Å². The topological polar surface area (TPSA) is 126 Å². The SMILES string of the molecule is CC(C)(C)OC(=O)N[C@H](CO)CCc1cc2c(N)ncnc2[nH]1. The minimum absolute atomic E-state index is 0.165. The van der Waals surface area contributed by atoms with Crippen LogP contribution in [0.25, 0.3) is 11.0 Å². The molecule has 8 heteroatoms. The van der Waals surface area contributed by atoms with Gasteiger partial charge in [0.1, 0.15) is 23.4 Å². The Hall–Kier alpha value is -2.35. The summed E-state index contributed by atoms with van der Waals surface area (Å²) in [6.45, 7) is 5.20. The van der Waals surface area contributed by atoms with Gasteiger partial charge < -0.3 is 25.9 Å². The number of hydrogen-bond acceptors (Lipinski definition) is 6. The molecule has 2 heterocycles. The van der Waals surface area contributed by atoms with Crippen LogP contribution in [0, 0.1) is 0 Å². The van der Waals surface area contributed by atoms with Crippen LogP contribution in [-0.4, -0.2) is 44.4 Å². The van der Waals surface area contributed by atoms with Gasteiger partial charge in [0, 0.05) is 5.69 Å². The second-order valence-electron chi connectivity index (χ2n) is 6.38. The number of aliphatic hydroxyl groups excluding tert-OH is 1. The zero-order valence-corrected chi connectivity index (χ0v) is 13.6. The molecule has 126 valence electrons. The molecule has 0 aliphatic carbocycles. The van der Waals surface area contributed by atoms with E-state index in [1.54, 1.807) is 20.8 Å². The summed E-state index contributed by atoms with van der Waals surface area (Å²) in [5.41, 5.74) is 6.81. The van der Waals surface area contributed by atoms with Gasteiger partial charge in [-0.15, -0.1) is 0 Å². The highest BCUT2D eigenvalue weighted by Gasteiger charge is 2.19. The van der Waals surface area contributed by atoms with Gasteiger partial charge in [0.25, 0.3) is 0 Å². The average molecular weight is 321 g/mol. The number of hydrogen-bond donors (Lipinski definition) is 4. The molecule has 0 bridgehead atoms. The summed E-state index contributed by atoms with van der Waals surface area (Å²) in [5.74, 6) is 0.420. The number of carbonyl (C=O) groups is 1. The van der Waals surface area contributed by atoms with Crippen molar-refractivity contribution in [3.8, 4) is 0 Å². The Morgan fingerprint density at radius 2 is 2.22 bits per heavy atom. The van der Waals surface area contributed by atoms with Crippen molar-refractivity contribution in [2.75, 3.05) is 12.3 Å². The van der Waals surface area contributed by atoms with Crippen LogP contribution in [0.4, 0.5) is 10.6 Å². The van der Waals surface area contributed by atoms with Gasteiger partial charge in [-0.25, -0.2) is 14.8 Å². The van der Waals surface area contributed by atoms with Crippen LogP contribution in [0.15, 0.2) is 12.4 Å². The Bertz CT molecular complexity index is 677. The van der Waals surface area contributed by atoms with Crippen LogP contribution in [0.1, 0.15) is 32.9 Å². The van der Waals surface area contributed by atoms with Gasteiger partial charge in [-0.05, 0) is 39.7 Å². The number of fused-ring (bicyclic) bond motifs is 1. The van der Waals surface area contributed by atoms with Crippen LogP contribution >= 0.6 is 0 Å². The molecular formula is C15H23N5O3. The fraction of sp³-hybridized carbons (Fsp3) is 0.533. The maximum atomic E-state index is 11.7. The molecule has 23 heavy (non-hydrogen) atoms. The summed E-state index contributed by atoms with van der Waals surface area (Å²) in [5, 5.41) is 12.8. The quantitative estimate of drug-likeness (QED) is 0.658. The third kappa shape index (κ3) is 4.82. The summed E-state index contributed by atoms with van der Waals surface area (Å²) in [4.78, 5) is 22.9. The molecule has 0 fully saturated rings. The number of anilines is 1. The Morgan fingerprint density at radius 3 is 2.83 bits per heavy atom. The number of amides is 1. The van der Waals surface area contributed by atoms with E-state index in [2.05, 4.69) is 20.3 Å². The standard InChI is InChI=1S/C15H23N5O3/c1-15(2,3)23-14(22)20-10(7-21)5-4-9-6-11-12(16)17-8-18-13(11)19-9/h6,8,10,21H,4-5,7H2,1-3H3,(H,20,22)(H3,16,17,18,19)/t10-/m0/s1. The number of aryl methyl sites for hydroxylation is 1. The first-order chi connectivity index (χ1) is 10.8. The zero-order chi connectivity index (χ0) is 17.0. The lowest BCUT2D eigenvalue weighted by Gasteiger charge is -2.22. The van der Waals surface area contributed by atoms with E-state index in [1.807, 2.05) is 6.07 Å². The minimum Gasteiger partial charge on any atom is -0.444 e. The summed E-state index contributed by atoms with van der Waals surface area (Å²) < 4.78 is 5.18. The number of aliphatic hydroxyl groups is 1. The fourth-order valence-electron chi connectivity index (χ4n) is 2.16. The first kappa shape index (κ1) is 17.0. The molecule has 0 radical (unpaired) electrons. The van der Waals surface area contributed by atoms with E-state index in [1.165, 1.54) is 6.33 Å². The highest BCUT2D eigenvalue weighted by Crippen LogP contribution is 2.18. The second-order valence-corrected chi connectivity index (χ2v) is 6.38. The second kappa shape index (κ2) is 6.82. The van der Waals surface area contributed by atoms with E-state index in [0.29, 0.717) is 24.3 Å². The molecule has 1 atom stereocenters. The number of alkyl carbamates (subject to hydrolysis) is 1. The number of nitrogens with zero attached hydrogens (tertiary/aromatic N) is 2. The monoisotopic (exact) mass is 321 g/mol. The number of nitrogens with two attached hydrogens (primary N) is 1. The third-order valence-corrected chi connectivity index (χ3v) is 3.22. The number of rotatable bonds is 5. The number of aromatic amines is 1. The van der Waals surface area contributed by atoms with E-state index < -0.39 is 11.7 Å². The van der Waals surface area contributed by atoms with Gasteiger partial charge in [-0.2, -0.15) is 0 Å². The summed E-state index contributed by atoms with van der Waals surface area (Å²) >= 11 is 0. The van der Waals surface area contributed by atoms with Crippen molar-refractivity contribution in [1.29, 1.82) is 0 Å². The molecule has 0 saturated carbocycles. The number of aromatic nitrogens is 3. The molecule has 2 aromatic heterocycles. The molecule has 0 spiro atoms. The van der Waals surface area contributed by atoms with Crippen molar-refractivity contribution < 1.29 is 14.6 Å². The Labute approximate surface area is 134 Å². The molecule has 0 unspecified atom stereocenters. The number of H-pyrrole nitrogens is 1. The number of nitrogen functional groups attached to an aromatic ring is 1. The van der Waals surface area contributed by atoms with E-state index in [4.69, 9.17) is 10.5 Å². The molecule has 2 aromatic rings. The largest absolute Gasteiger partial charge is 0.444 e. The zero-order valence-electron chi connectivity index (χ0n) is 13.6. The molecule has 0 aliphatic heterocycles. The number of ether oxygens (including phenoxy) is 1. The Kier molecular flexibility index (Phi) is 5.05. The predicted molar refractivity (Wildman–Crippen MR) is 86.9 cm³/mol. The smallest absolute Gasteiger partial charge is 0.407 e. The lowest BCUT2D eigenvalue weighted by atomic mass is 10.1. The molecule has 8 nitrogen and oxygen atoms in total. The van der Waals surface area contributed by atoms with Crippen molar-refractivity contribution in [3.63, 3.8) is 0 Å². The molecule has 0 saturated heterocycles.